The molecule has 0 N–H and O–H groups in total. The van der Waals surface area contributed by atoms with Crippen LogP contribution < -0.4 is 0 Å². The molecule has 0 saturated heterocycles. The number of nitrogens with zero attached hydrogens (tertiary/aromatic N) is 5. The summed E-state index contributed by atoms with van der Waals surface area (Å²) >= 11 is 0. The first-order valence-electron chi connectivity index (χ1n) is 26.0. The molecule has 0 bridgehead atoms. The van der Waals surface area contributed by atoms with E-state index < -0.39 is 29.0 Å². The van der Waals surface area contributed by atoms with Gasteiger partial charge in [0.2, 0.25) is 0 Å². The van der Waals surface area contributed by atoms with Crippen molar-refractivity contribution in [3.8, 4) is 51.1 Å². The van der Waals surface area contributed by atoms with Crippen molar-refractivity contribution in [2.75, 3.05) is 0 Å². The first kappa shape index (κ1) is 46.9. The first-order valence-corrected chi connectivity index (χ1v) is 26.0. The van der Waals surface area contributed by atoms with E-state index in [4.69, 9.17) is 0 Å². The molecule has 382 valence electrons. The van der Waals surface area contributed by atoms with Crippen molar-refractivity contribution in [1.29, 1.82) is 5.26 Å². The van der Waals surface area contributed by atoms with Crippen LogP contribution in [0, 0.1) is 11.3 Å². The lowest BCUT2D eigenvalue weighted by Gasteiger charge is -2.22. The van der Waals surface area contributed by atoms with Crippen molar-refractivity contribution < 1.29 is 26.3 Å². The summed E-state index contributed by atoms with van der Waals surface area (Å²) < 4.78 is 99.6. The SMILES string of the molecule is N#Cc1ccc(-c2cc(-c3c(C(F)(F)F)cccc3C(F)(F)F)ccc2-n2c3ccccc3c3cc(-n4c5ccccc5c5ccccc54)ccc32)c(-n2c3ccccc3c3cc(-n4c5ccccc5c5ccccc54)ccc32)c1. The number of fused-ring (bicyclic) bond motifs is 12. The van der Waals surface area contributed by atoms with E-state index in [-0.39, 0.29) is 5.56 Å². The van der Waals surface area contributed by atoms with Crippen molar-refractivity contribution >= 4 is 87.2 Å². The Bertz CT molecular complexity index is 5000. The highest BCUT2D eigenvalue weighted by Gasteiger charge is 2.41. The van der Waals surface area contributed by atoms with Crippen molar-refractivity contribution in [2.45, 2.75) is 12.4 Å². The van der Waals surface area contributed by atoms with Crippen LogP contribution in [0.2, 0.25) is 0 Å². The Morgan fingerprint density at radius 3 is 1.09 bits per heavy atom. The van der Waals surface area contributed by atoms with Crippen molar-refractivity contribution in [1.82, 2.24) is 18.3 Å². The molecule has 11 heteroatoms. The van der Waals surface area contributed by atoms with Crippen LogP contribution in [0.25, 0.3) is 132 Å². The monoisotopic (exact) mass is 1050 g/mol. The third kappa shape index (κ3) is 6.98. The quantitative estimate of drug-likeness (QED) is 0.153. The molecule has 4 aromatic heterocycles. The topological polar surface area (TPSA) is 43.5 Å². The summed E-state index contributed by atoms with van der Waals surface area (Å²) in [4.78, 5) is 0. The molecule has 11 aromatic carbocycles. The maximum atomic E-state index is 15.2. The van der Waals surface area contributed by atoms with Crippen molar-refractivity contribution in [2.24, 2.45) is 0 Å². The number of aromatic nitrogens is 4. The molecule has 80 heavy (non-hydrogen) atoms. The van der Waals surface area contributed by atoms with Crippen LogP contribution in [-0.2, 0) is 12.4 Å². The Morgan fingerprint density at radius 1 is 0.300 bits per heavy atom. The van der Waals surface area contributed by atoms with Gasteiger partial charge in [0, 0.05) is 71.2 Å². The number of nitriles is 1. The lowest BCUT2D eigenvalue weighted by Crippen LogP contribution is -2.14. The molecule has 0 unspecified atom stereocenters. The molecule has 0 aliphatic carbocycles. The molecule has 0 radical (unpaired) electrons. The fraction of sp³-hybridized carbons (Fsp3) is 0.0290. The van der Waals surface area contributed by atoms with Crippen LogP contribution >= 0.6 is 0 Å². The van der Waals surface area contributed by atoms with Crippen LogP contribution in [0.15, 0.2) is 237 Å². The van der Waals surface area contributed by atoms with Gasteiger partial charge in [-0.3, -0.25) is 0 Å². The summed E-state index contributed by atoms with van der Waals surface area (Å²) in [5.41, 5.74) is 6.93. The van der Waals surface area contributed by atoms with Gasteiger partial charge in [-0.15, -0.1) is 0 Å². The van der Waals surface area contributed by atoms with E-state index in [0.29, 0.717) is 40.2 Å². The molecular weight excluding hydrogens is 1010 g/mol. The number of rotatable bonds is 6. The van der Waals surface area contributed by atoms with Crippen LogP contribution in [0.1, 0.15) is 16.7 Å². The minimum absolute atomic E-state index is 0.285. The Morgan fingerprint density at radius 2 is 0.675 bits per heavy atom. The molecule has 4 heterocycles. The van der Waals surface area contributed by atoms with Gasteiger partial charge in [-0.25, -0.2) is 0 Å². The van der Waals surface area contributed by atoms with Gasteiger partial charge in [0.1, 0.15) is 0 Å². The van der Waals surface area contributed by atoms with Gasteiger partial charge in [-0.1, -0.05) is 127 Å². The maximum Gasteiger partial charge on any atom is 0.417 e. The molecule has 15 aromatic rings. The molecule has 15 rings (SSSR count). The summed E-state index contributed by atoms with van der Waals surface area (Å²) in [7, 11) is 0. The molecule has 0 aliphatic rings. The van der Waals surface area contributed by atoms with Gasteiger partial charge >= 0.3 is 12.4 Å². The number of hydrogen-bond acceptors (Lipinski definition) is 1. The summed E-state index contributed by atoms with van der Waals surface area (Å²) in [6.45, 7) is 0. The number of benzene rings is 11. The average Bonchev–Trinajstić information content (AvgIpc) is 4.27. The fourth-order valence-electron chi connectivity index (χ4n) is 12.6. The zero-order valence-corrected chi connectivity index (χ0v) is 42.0. The molecule has 0 atom stereocenters. The van der Waals surface area contributed by atoms with Gasteiger partial charge in [0.25, 0.3) is 0 Å². The van der Waals surface area contributed by atoms with E-state index in [1.807, 2.05) is 124 Å². The van der Waals surface area contributed by atoms with Gasteiger partial charge in [0.05, 0.1) is 78.3 Å². The van der Waals surface area contributed by atoms with Crippen LogP contribution in [0.4, 0.5) is 26.3 Å². The van der Waals surface area contributed by atoms with E-state index in [1.54, 1.807) is 24.3 Å². The number of alkyl halides is 6. The smallest absolute Gasteiger partial charge is 0.309 e. The van der Waals surface area contributed by atoms with E-state index >= 15 is 26.3 Å². The second-order valence-electron chi connectivity index (χ2n) is 20.1. The van der Waals surface area contributed by atoms with Gasteiger partial charge in [0.15, 0.2) is 0 Å². The standard InChI is InChI=1S/C69H39F6N5/c70-68(71,72)55-20-13-21-56(69(73,74)75)67(55)42-29-33-63(79-61-26-11-5-18-49(61)53-38-43(30-34-64(53)79)77-57-22-7-1-14-45(57)46-15-2-8-23-58(46)77)52(37-42)51-32-28-41(40-76)36-66(51)80-62-27-12-6-19-50(62)54-39-44(31-35-65(54)80)78-59-24-9-3-16-47(59)48-17-4-10-25-60(48)78/h1-39H. The summed E-state index contributed by atoms with van der Waals surface area (Å²) in [5.74, 6) is 0. The number of hydrogen-bond donors (Lipinski definition) is 0. The van der Waals surface area contributed by atoms with Crippen molar-refractivity contribution in [3.05, 3.63) is 253 Å². The van der Waals surface area contributed by atoms with Crippen LogP contribution in [0.5, 0.6) is 0 Å². The Balaban J connectivity index is 1.02. The number of para-hydroxylation sites is 6. The molecule has 0 saturated carbocycles. The third-order valence-corrected chi connectivity index (χ3v) is 15.8. The Hall–Kier alpha value is -10.3. The van der Waals surface area contributed by atoms with Gasteiger partial charge in [-0.05, 0) is 115 Å². The molecule has 0 fully saturated rings. The molecule has 0 spiro atoms. The zero-order chi connectivity index (χ0) is 54.2. The minimum Gasteiger partial charge on any atom is -0.309 e. The normalized spacial score (nSPS) is 12.4. The maximum absolute atomic E-state index is 15.2. The summed E-state index contributed by atoms with van der Waals surface area (Å²) in [5, 5.41) is 18.6. The van der Waals surface area contributed by atoms with Crippen LogP contribution in [-0.4, -0.2) is 18.3 Å². The van der Waals surface area contributed by atoms with Crippen LogP contribution in [0.3, 0.4) is 0 Å². The highest BCUT2D eigenvalue weighted by Crippen LogP contribution is 2.49. The summed E-state index contributed by atoms with van der Waals surface area (Å²) in [6.07, 6.45) is -10.3. The number of halogens is 6. The van der Waals surface area contributed by atoms with Gasteiger partial charge in [-0.2, -0.15) is 31.6 Å². The zero-order valence-electron chi connectivity index (χ0n) is 42.0. The van der Waals surface area contributed by atoms with E-state index in [2.05, 4.69) is 81.9 Å². The predicted octanol–water partition coefficient (Wildman–Crippen LogP) is 19.3. The Kier molecular flexibility index (Phi) is 10.2. The van der Waals surface area contributed by atoms with E-state index in [9.17, 15) is 5.26 Å². The first-order chi connectivity index (χ1) is 38.9. The molecule has 0 aliphatic heterocycles. The molecule has 0 amide bonds. The van der Waals surface area contributed by atoms with E-state index in [0.717, 1.165) is 105 Å². The fourth-order valence-corrected chi connectivity index (χ4v) is 12.6. The third-order valence-electron chi connectivity index (χ3n) is 15.8. The average molecular weight is 1050 g/mol. The lowest BCUT2D eigenvalue weighted by molar-refractivity contribution is -0.142. The highest BCUT2D eigenvalue weighted by atomic mass is 19.4. The minimum atomic E-state index is -5.14. The molecule has 5 nitrogen and oxygen atoms in total. The second-order valence-corrected chi connectivity index (χ2v) is 20.1. The van der Waals surface area contributed by atoms with Crippen molar-refractivity contribution in [3.63, 3.8) is 0 Å². The second kappa shape index (κ2) is 17.3. The predicted molar refractivity (Wildman–Crippen MR) is 309 cm³/mol. The summed E-state index contributed by atoms with van der Waals surface area (Å²) in [6, 6.07) is 75.2. The highest BCUT2D eigenvalue weighted by molar-refractivity contribution is 6.15. The van der Waals surface area contributed by atoms with E-state index in [1.165, 1.54) is 12.1 Å². The van der Waals surface area contributed by atoms with Gasteiger partial charge < -0.3 is 18.3 Å². The lowest BCUT2D eigenvalue weighted by atomic mass is 9.90. The Labute approximate surface area is 451 Å². The molecular formula is C69H39F6N5. The largest absolute Gasteiger partial charge is 0.417 e.